The van der Waals surface area contributed by atoms with E-state index in [1.165, 1.54) is 44.5 Å². The standard InChI is InChI=1S/C57H38N4/c1-37-11-7-15-43(27-37)60(45-17-9-13-39(29-45)35-58)47-24-23-41-32-52-51-26-25-48(61(44-16-8-12-38(2)28-44)46-18-10-14-40(30-46)36-59)34-56(51)57(55(52)33-42(41)31-47)53-21-5-3-19-49(53)50-20-4-6-22-54(50)57/h3-34H,1-2H3. The fourth-order valence-corrected chi connectivity index (χ4v) is 9.99. The number of hydrogen-bond donors (Lipinski definition) is 0. The highest BCUT2D eigenvalue weighted by Crippen LogP contribution is 2.64. The van der Waals surface area contributed by atoms with Gasteiger partial charge in [-0.05, 0) is 177 Å². The van der Waals surface area contributed by atoms with Gasteiger partial charge in [-0.1, -0.05) is 97.1 Å². The molecule has 4 nitrogen and oxygen atoms in total. The highest BCUT2D eigenvalue weighted by atomic mass is 15.1. The molecule has 11 rings (SSSR count). The minimum Gasteiger partial charge on any atom is -0.310 e. The van der Waals surface area contributed by atoms with Crippen molar-refractivity contribution < 1.29 is 0 Å². The number of benzene rings is 9. The van der Waals surface area contributed by atoms with Crippen LogP contribution in [0.4, 0.5) is 34.1 Å². The maximum atomic E-state index is 9.97. The van der Waals surface area contributed by atoms with Crippen molar-refractivity contribution in [1.29, 1.82) is 10.5 Å². The fraction of sp³-hybridized carbons (Fsp3) is 0.0526. The van der Waals surface area contributed by atoms with Gasteiger partial charge in [0, 0.05) is 34.1 Å². The molecule has 0 N–H and O–H groups in total. The molecule has 2 aliphatic rings. The van der Waals surface area contributed by atoms with Crippen LogP contribution >= 0.6 is 0 Å². The second-order valence-corrected chi connectivity index (χ2v) is 16.2. The van der Waals surface area contributed by atoms with Crippen LogP contribution in [0.5, 0.6) is 0 Å². The molecule has 0 aliphatic heterocycles. The fourth-order valence-electron chi connectivity index (χ4n) is 9.99. The molecule has 4 heteroatoms. The molecule has 0 heterocycles. The Kier molecular flexibility index (Phi) is 8.24. The summed E-state index contributed by atoms with van der Waals surface area (Å²) in [6, 6.07) is 73.8. The van der Waals surface area contributed by atoms with E-state index < -0.39 is 5.41 Å². The van der Waals surface area contributed by atoms with Crippen LogP contribution in [0.2, 0.25) is 0 Å². The lowest BCUT2D eigenvalue weighted by molar-refractivity contribution is 0.795. The quantitative estimate of drug-likeness (QED) is 0.169. The Labute approximate surface area is 356 Å². The van der Waals surface area contributed by atoms with Crippen molar-refractivity contribution in [3.63, 3.8) is 0 Å². The third kappa shape index (κ3) is 5.58. The zero-order valence-corrected chi connectivity index (χ0v) is 33.8. The summed E-state index contributed by atoms with van der Waals surface area (Å²) in [6.07, 6.45) is 0. The summed E-state index contributed by atoms with van der Waals surface area (Å²) >= 11 is 0. The summed E-state index contributed by atoms with van der Waals surface area (Å²) in [4.78, 5) is 4.53. The molecule has 0 atom stereocenters. The third-order valence-corrected chi connectivity index (χ3v) is 12.5. The van der Waals surface area contributed by atoms with Crippen LogP contribution in [0.25, 0.3) is 33.0 Å². The lowest BCUT2D eigenvalue weighted by Gasteiger charge is -2.32. The molecule has 0 fully saturated rings. The van der Waals surface area contributed by atoms with Crippen molar-refractivity contribution in [3.05, 3.63) is 239 Å². The van der Waals surface area contributed by atoms with Gasteiger partial charge in [-0.2, -0.15) is 10.5 Å². The molecule has 9 aromatic rings. The van der Waals surface area contributed by atoms with E-state index in [1.54, 1.807) is 0 Å². The summed E-state index contributed by atoms with van der Waals surface area (Å²) in [5.74, 6) is 0. The molecule has 286 valence electrons. The molecule has 0 aromatic heterocycles. The van der Waals surface area contributed by atoms with Crippen LogP contribution in [0, 0.1) is 36.5 Å². The van der Waals surface area contributed by atoms with E-state index >= 15 is 0 Å². The van der Waals surface area contributed by atoms with Gasteiger partial charge in [0.25, 0.3) is 0 Å². The Hall–Kier alpha value is -8.18. The van der Waals surface area contributed by atoms with E-state index in [-0.39, 0.29) is 0 Å². The van der Waals surface area contributed by atoms with Gasteiger partial charge in [-0.25, -0.2) is 0 Å². The zero-order chi connectivity index (χ0) is 41.2. The van der Waals surface area contributed by atoms with Crippen LogP contribution in [-0.4, -0.2) is 0 Å². The van der Waals surface area contributed by atoms with E-state index in [0.29, 0.717) is 11.1 Å². The number of nitriles is 2. The predicted octanol–water partition coefficient (Wildman–Crippen LogP) is 14.5. The number of rotatable bonds is 6. The molecule has 0 saturated heterocycles. The molecule has 0 saturated carbocycles. The van der Waals surface area contributed by atoms with Gasteiger partial charge < -0.3 is 9.80 Å². The van der Waals surface area contributed by atoms with Crippen molar-refractivity contribution in [2.75, 3.05) is 9.80 Å². The SMILES string of the molecule is Cc1cccc(N(c2cccc(C#N)c2)c2ccc3c(c2)C2(c4ccccc4-c4ccccc42)c2cc4cc(N(c5cccc(C)c5)c5cccc(C#N)c5)ccc4cc2-3)c1. The molecule has 0 radical (unpaired) electrons. The largest absolute Gasteiger partial charge is 0.310 e. The van der Waals surface area contributed by atoms with Crippen molar-refractivity contribution in [2.24, 2.45) is 0 Å². The van der Waals surface area contributed by atoms with E-state index in [4.69, 9.17) is 0 Å². The van der Waals surface area contributed by atoms with Crippen molar-refractivity contribution >= 4 is 44.9 Å². The minimum absolute atomic E-state index is 0.595. The molecule has 9 aromatic carbocycles. The number of hydrogen-bond acceptors (Lipinski definition) is 4. The Balaban J connectivity index is 1.17. The molecule has 0 bridgehead atoms. The Morgan fingerprint density at radius 1 is 0.344 bits per heavy atom. The maximum absolute atomic E-state index is 9.97. The first kappa shape index (κ1) is 35.9. The smallest absolute Gasteiger partial charge is 0.0992 e. The lowest BCUT2D eigenvalue weighted by Crippen LogP contribution is -2.26. The van der Waals surface area contributed by atoms with Gasteiger partial charge in [-0.3, -0.25) is 0 Å². The van der Waals surface area contributed by atoms with Crippen molar-refractivity contribution in [1.82, 2.24) is 0 Å². The molecule has 61 heavy (non-hydrogen) atoms. The number of fused-ring (bicyclic) bond motifs is 11. The van der Waals surface area contributed by atoms with Crippen LogP contribution in [0.3, 0.4) is 0 Å². The number of aryl methyl sites for hydroxylation is 2. The highest BCUT2D eigenvalue weighted by Gasteiger charge is 2.52. The summed E-state index contributed by atoms with van der Waals surface area (Å²) in [5, 5.41) is 22.1. The van der Waals surface area contributed by atoms with Crippen molar-refractivity contribution in [2.45, 2.75) is 19.3 Å². The summed E-state index contributed by atoms with van der Waals surface area (Å²) < 4.78 is 0. The average Bonchev–Trinajstić information content (AvgIpc) is 3.75. The molecule has 0 unspecified atom stereocenters. The van der Waals surface area contributed by atoms with Gasteiger partial charge in [0.15, 0.2) is 0 Å². The molecular formula is C57H38N4. The maximum Gasteiger partial charge on any atom is 0.0992 e. The molecule has 2 aliphatic carbocycles. The van der Waals surface area contributed by atoms with E-state index in [2.05, 4.69) is 194 Å². The summed E-state index contributed by atoms with van der Waals surface area (Å²) in [6.45, 7) is 4.23. The summed E-state index contributed by atoms with van der Waals surface area (Å²) in [5.41, 5.74) is 18.9. The van der Waals surface area contributed by atoms with Gasteiger partial charge in [0.05, 0.1) is 28.7 Å². The Morgan fingerprint density at radius 2 is 0.803 bits per heavy atom. The zero-order valence-electron chi connectivity index (χ0n) is 33.8. The van der Waals surface area contributed by atoms with Gasteiger partial charge in [0.2, 0.25) is 0 Å². The van der Waals surface area contributed by atoms with E-state index in [9.17, 15) is 10.5 Å². The van der Waals surface area contributed by atoms with Gasteiger partial charge >= 0.3 is 0 Å². The minimum atomic E-state index is -0.595. The molecule has 1 spiro atoms. The van der Waals surface area contributed by atoms with E-state index in [0.717, 1.165) is 56.0 Å². The van der Waals surface area contributed by atoms with Crippen LogP contribution < -0.4 is 9.80 Å². The van der Waals surface area contributed by atoms with Crippen LogP contribution in [-0.2, 0) is 5.41 Å². The average molecular weight is 779 g/mol. The summed E-state index contributed by atoms with van der Waals surface area (Å²) in [7, 11) is 0. The normalized spacial score (nSPS) is 12.5. The first-order valence-electron chi connectivity index (χ1n) is 20.6. The first-order valence-corrected chi connectivity index (χ1v) is 20.6. The second kappa shape index (κ2) is 14.0. The Morgan fingerprint density at radius 3 is 1.36 bits per heavy atom. The topological polar surface area (TPSA) is 54.1 Å². The van der Waals surface area contributed by atoms with Crippen LogP contribution in [0.15, 0.2) is 194 Å². The Bertz CT molecular complexity index is 3300. The predicted molar refractivity (Wildman–Crippen MR) is 249 cm³/mol. The second-order valence-electron chi connectivity index (χ2n) is 16.2. The van der Waals surface area contributed by atoms with E-state index in [1.807, 2.05) is 36.4 Å². The van der Waals surface area contributed by atoms with Gasteiger partial charge in [0.1, 0.15) is 0 Å². The third-order valence-electron chi connectivity index (χ3n) is 12.5. The monoisotopic (exact) mass is 778 g/mol. The molecular weight excluding hydrogens is 741 g/mol. The molecule has 0 amide bonds. The van der Waals surface area contributed by atoms with Crippen LogP contribution in [0.1, 0.15) is 44.5 Å². The number of anilines is 6. The van der Waals surface area contributed by atoms with Crippen molar-refractivity contribution in [3.8, 4) is 34.4 Å². The first-order chi connectivity index (χ1) is 29.9. The number of nitrogens with zero attached hydrogens (tertiary/aromatic N) is 4. The lowest BCUT2D eigenvalue weighted by atomic mass is 9.70. The highest BCUT2D eigenvalue weighted by molar-refractivity contribution is 6.02. The van der Waals surface area contributed by atoms with Gasteiger partial charge in [-0.15, -0.1) is 0 Å².